The number of hydrogen-bond donors (Lipinski definition) is 0. The number of aryl methyl sites for hydroxylation is 1. The third-order valence-electron chi connectivity index (χ3n) is 2.64. The predicted octanol–water partition coefficient (Wildman–Crippen LogP) is 3.35. The zero-order valence-corrected chi connectivity index (χ0v) is 9.74. The lowest BCUT2D eigenvalue weighted by Gasteiger charge is -2.05. The van der Waals surface area contributed by atoms with Crippen LogP contribution in [-0.2, 0) is 7.05 Å². The molecule has 1 aromatic carbocycles. The van der Waals surface area contributed by atoms with Crippen molar-refractivity contribution in [1.29, 1.82) is 0 Å². The molecular formula is C13H15FN2. The number of halogens is 1. The number of nitrogens with zero attached hydrogens (tertiary/aromatic N) is 2. The van der Waals surface area contributed by atoms with Crippen LogP contribution in [0.1, 0.15) is 25.3 Å². The van der Waals surface area contributed by atoms with E-state index < -0.39 is 0 Å². The summed E-state index contributed by atoms with van der Waals surface area (Å²) in [5.41, 5.74) is 2.40. The fourth-order valence-electron chi connectivity index (χ4n) is 1.84. The van der Waals surface area contributed by atoms with Crippen LogP contribution in [0.2, 0.25) is 0 Å². The van der Waals surface area contributed by atoms with Gasteiger partial charge < -0.3 is 0 Å². The third kappa shape index (κ3) is 1.73. The summed E-state index contributed by atoms with van der Waals surface area (Å²) in [5, 5.41) is 4.24. The van der Waals surface area contributed by atoms with E-state index in [9.17, 15) is 4.39 Å². The quantitative estimate of drug-likeness (QED) is 0.755. The Labute approximate surface area is 94.7 Å². The number of aromatic nitrogens is 2. The summed E-state index contributed by atoms with van der Waals surface area (Å²) in [5.74, 6) is -0.113. The van der Waals surface area contributed by atoms with Gasteiger partial charge in [-0.15, -0.1) is 0 Å². The Hall–Kier alpha value is -1.64. The van der Waals surface area contributed by atoms with Crippen LogP contribution < -0.4 is 0 Å². The zero-order chi connectivity index (χ0) is 11.7. The van der Waals surface area contributed by atoms with Crippen molar-refractivity contribution in [2.75, 3.05) is 0 Å². The van der Waals surface area contributed by atoms with E-state index in [1.807, 2.05) is 44.2 Å². The molecule has 0 saturated carbocycles. The van der Waals surface area contributed by atoms with Gasteiger partial charge in [0.2, 0.25) is 5.95 Å². The summed E-state index contributed by atoms with van der Waals surface area (Å²) in [6.45, 7) is 3.96. The highest BCUT2D eigenvalue weighted by Crippen LogP contribution is 2.29. The molecule has 0 spiro atoms. The smallest absolute Gasteiger partial charge is 0.215 e. The Balaban J connectivity index is 2.62. The first kappa shape index (κ1) is 10.9. The Bertz CT molecular complexity index is 486. The van der Waals surface area contributed by atoms with Crippen LogP contribution in [0.5, 0.6) is 0 Å². The van der Waals surface area contributed by atoms with Crippen LogP contribution in [0.4, 0.5) is 4.39 Å². The molecule has 0 aliphatic carbocycles. The molecule has 0 atom stereocenters. The largest absolute Gasteiger partial charge is 0.242 e. The van der Waals surface area contributed by atoms with Gasteiger partial charge in [0.1, 0.15) is 0 Å². The lowest BCUT2D eigenvalue weighted by molar-refractivity contribution is 0.491. The summed E-state index contributed by atoms with van der Waals surface area (Å²) >= 11 is 0. The molecule has 3 heteroatoms. The predicted molar refractivity (Wildman–Crippen MR) is 62.7 cm³/mol. The minimum Gasteiger partial charge on any atom is -0.242 e. The fraction of sp³-hybridized carbons (Fsp3) is 0.308. The Morgan fingerprint density at radius 2 is 1.81 bits per heavy atom. The van der Waals surface area contributed by atoms with Crippen molar-refractivity contribution >= 4 is 0 Å². The second kappa shape index (κ2) is 4.08. The molecular weight excluding hydrogens is 203 g/mol. The molecule has 0 N–H and O–H groups in total. The van der Waals surface area contributed by atoms with Crippen LogP contribution in [0, 0.1) is 5.95 Å². The first-order valence-corrected chi connectivity index (χ1v) is 5.39. The summed E-state index contributed by atoms with van der Waals surface area (Å²) in [6.07, 6.45) is 0. The maximum Gasteiger partial charge on any atom is 0.215 e. The highest BCUT2D eigenvalue weighted by atomic mass is 19.1. The van der Waals surface area contributed by atoms with Crippen LogP contribution in [0.25, 0.3) is 11.3 Å². The van der Waals surface area contributed by atoms with E-state index in [1.165, 1.54) is 4.68 Å². The standard InChI is InChI=1S/C13H15FN2/c1-9(2)11-12(15-16(3)13(11)14)10-7-5-4-6-8-10/h4-9H,1-3H3. The van der Waals surface area contributed by atoms with Gasteiger partial charge in [0.05, 0.1) is 5.69 Å². The molecule has 2 rings (SSSR count). The topological polar surface area (TPSA) is 17.8 Å². The molecule has 16 heavy (non-hydrogen) atoms. The maximum atomic E-state index is 13.9. The van der Waals surface area contributed by atoms with Crippen molar-refractivity contribution < 1.29 is 4.39 Å². The molecule has 2 aromatic rings. The van der Waals surface area contributed by atoms with Crippen molar-refractivity contribution in [2.24, 2.45) is 7.05 Å². The number of hydrogen-bond acceptors (Lipinski definition) is 1. The van der Waals surface area contributed by atoms with E-state index >= 15 is 0 Å². The molecule has 1 heterocycles. The molecule has 2 nitrogen and oxygen atoms in total. The van der Waals surface area contributed by atoms with Crippen molar-refractivity contribution in [3.63, 3.8) is 0 Å². The summed E-state index contributed by atoms with van der Waals surface area (Å²) in [7, 11) is 1.63. The molecule has 0 saturated heterocycles. The van der Waals surface area contributed by atoms with E-state index in [4.69, 9.17) is 0 Å². The van der Waals surface area contributed by atoms with Crippen LogP contribution >= 0.6 is 0 Å². The molecule has 0 amide bonds. The van der Waals surface area contributed by atoms with E-state index in [2.05, 4.69) is 5.10 Å². The Morgan fingerprint density at radius 1 is 1.19 bits per heavy atom. The Morgan fingerprint density at radius 3 is 2.38 bits per heavy atom. The first-order chi connectivity index (χ1) is 7.61. The van der Waals surface area contributed by atoms with E-state index in [0.29, 0.717) is 5.56 Å². The van der Waals surface area contributed by atoms with Gasteiger partial charge in [-0.2, -0.15) is 9.49 Å². The fourth-order valence-corrected chi connectivity index (χ4v) is 1.84. The number of benzene rings is 1. The van der Waals surface area contributed by atoms with Crippen LogP contribution in [0.15, 0.2) is 30.3 Å². The average Bonchev–Trinajstić information content (AvgIpc) is 2.57. The van der Waals surface area contributed by atoms with E-state index in [-0.39, 0.29) is 11.9 Å². The minimum atomic E-state index is -0.242. The van der Waals surface area contributed by atoms with Gasteiger partial charge in [-0.25, -0.2) is 4.68 Å². The molecule has 0 unspecified atom stereocenters. The lowest BCUT2D eigenvalue weighted by Crippen LogP contribution is -1.96. The highest BCUT2D eigenvalue weighted by Gasteiger charge is 2.19. The van der Waals surface area contributed by atoms with Crippen LogP contribution in [-0.4, -0.2) is 9.78 Å². The van der Waals surface area contributed by atoms with Gasteiger partial charge in [0.15, 0.2) is 0 Å². The third-order valence-corrected chi connectivity index (χ3v) is 2.64. The molecule has 84 valence electrons. The average molecular weight is 218 g/mol. The highest BCUT2D eigenvalue weighted by molar-refractivity contribution is 5.63. The first-order valence-electron chi connectivity index (χ1n) is 5.39. The van der Waals surface area contributed by atoms with E-state index in [1.54, 1.807) is 7.05 Å². The van der Waals surface area contributed by atoms with Gasteiger partial charge in [-0.05, 0) is 5.92 Å². The van der Waals surface area contributed by atoms with Crippen molar-refractivity contribution in [2.45, 2.75) is 19.8 Å². The normalized spacial score (nSPS) is 11.1. The molecule has 1 aromatic heterocycles. The SMILES string of the molecule is CC(C)c1c(-c2ccccc2)nn(C)c1F. The van der Waals surface area contributed by atoms with Crippen LogP contribution in [0.3, 0.4) is 0 Å². The zero-order valence-electron chi connectivity index (χ0n) is 9.74. The van der Waals surface area contributed by atoms with Gasteiger partial charge in [-0.1, -0.05) is 44.2 Å². The minimum absolute atomic E-state index is 0.129. The second-order valence-corrected chi connectivity index (χ2v) is 4.20. The summed E-state index contributed by atoms with van der Waals surface area (Å²) in [4.78, 5) is 0. The van der Waals surface area contributed by atoms with Gasteiger partial charge in [-0.3, -0.25) is 0 Å². The van der Waals surface area contributed by atoms with Gasteiger partial charge in [0.25, 0.3) is 0 Å². The molecule has 0 fully saturated rings. The molecule has 0 aliphatic heterocycles. The van der Waals surface area contributed by atoms with Gasteiger partial charge in [0, 0.05) is 18.2 Å². The summed E-state index contributed by atoms with van der Waals surface area (Å²) < 4.78 is 15.2. The molecule has 0 aliphatic rings. The maximum absolute atomic E-state index is 13.9. The lowest BCUT2D eigenvalue weighted by atomic mass is 9.99. The summed E-state index contributed by atoms with van der Waals surface area (Å²) in [6, 6.07) is 9.72. The Kier molecular flexibility index (Phi) is 2.77. The second-order valence-electron chi connectivity index (χ2n) is 4.20. The molecule has 0 radical (unpaired) electrons. The van der Waals surface area contributed by atoms with Crippen molar-refractivity contribution in [1.82, 2.24) is 9.78 Å². The number of rotatable bonds is 2. The monoisotopic (exact) mass is 218 g/mol. The van der Waals surface area contributed by atoms with Crippen molar-refractivity contribution in [3.8, 4) is 11.3 Å². The van der Waals surface area contributed by atoms with E-state index in [0.717, 1.165) is 11.3 Å². The molecule has 0 bridgehead atoms. The van der Waals surface area contributed by atoms with Crippen molar-refractivity contribution in [3.05, 3.63) is 41.8 Å². The van der Waals surface area contributed by atoms with Gasteiger partial charge >= 0.3 is 0 Å².